The maximum Gasteiger partial charge on any atom is 0.417 e. The van der Waals surface area contributed by atoms with Crippen LogP contribution in [-0.4, -0.2) is 181 Å². The molecule has 1 N–H and O–H groups in total. The van der Waals surface area contributed by atoms with Gasteiger partial charge in [-0.05, 0) is 146 Å². The first-order valence-corrected chi connectivity index (χ1v) is 34.9. The maximum absolute atomic E-state index is 16.9. The Hall–Kier alpha value is -7.36. The summed E-state index contributed by atoms with van der Waals surface area (Å²) in [5, 5.41) is 9.36. The molecule has 4 saturated heterocycles. The number of carboxylic acid groups (broad SMARTS) is 1. The van der Waals surface area contributed by atoms with Crippen molar-refractivity contribution in [3.8, 4) is 11.5 Å². The summed E-state index contributed by atoms with van der Waals surface area (Å²) in [6.07, 6.45) is 1.59. The summed E-state index contributed by atoms with van der Waals surface area (Å²) >= 11 is 0. The number of carbonyl (C=O) groups is 5. The third-order valence-electron chi connectivity index (χ3n) is 16.9. The molecule has 0 unspecified atom stereocenters. The minimum absolute atomic E-state index is 0.0612. The van der Waals surface area contributed by atoms with Crippen LogP contribution in [0.1, 0.15) is 108 Å². The number of likely N-dealkylation sites (tertiary alicyclic amines) is 2. The number of benzene rings is 5. The number of rotatable bonds is 16. The molecule has 0 radical (unpaired) electrons. The van der Waals surface area contributed by atoms with Crippen LogP contribution in [0, 0.1) is 6.92 Å². The predicted molar refractivity (Wildman–Crippen MR) is 356 cm³/mol. The van der Waals surface area contributed by atoms with Crippen molar-refractivity contribution >= 4 is 44.1 Å². The predicted octanol–water partition coefficient (Wildman–Crippen LogP) is 13.3. The van der Waals surface area contributed by atoms with Crippen LogP contribution in [0.3, 0.4) is 0 Å². The van der Waals surface area contributed by atoms with Crippen molar-refractivity contribution in [3.63, 3.8) is 0 Å². The van der Waals surface area contributed by atoms with Crippen LogP contribution in [0.2, 0.25) is 19.6 Å². The topological polar surface area (TPSA) is 168 Å². The van der Waals surface area contributed by atoms with E-state index >= 15 is 8.78 Å². The van der Waals surface area contributed by atoms with Crippen LogP contribution < -0.4 is 9.47 Å². The van der Waals surface area contributed by atoms with E-state index < -0.39 is 79.1 Å². The van der Waals surface area contributed by atoms with Gasteiger partial charge in [-0.1, -0.05) is 134 Å². The average Bonchev–Trinajstić information content (AvgIpc) is 1.59. The molecular weight excluding hydrogens is 1200 g/mol. The monoisotopic (exact) mass is 1290 g/mol. The summed E-state index contributed by atoms with van der Waals surface area (Å²) in [5.41, 5.74) is -0.0239. The van der Waals surface area contributed by atoms with Crippen LogP contribution in [-0.2, 0) is 41.4 Å². The second kappa shape index (κ2) is 31.0. The van der Waals surface area contributed by atoms with E-state index in [0.717, 1.165) is 39.3 Å². The van der Waals surface area contributed by atoms with Gasteiger partial charge < -0.3 is 28.8 Å². The Bertz CT molecular complexity index is 3280. The molecule has 20 heteroatoms. The van der Waals surface area contributed by atoms with Crippen molar-refractivity contribution in [1.29, 1.82) is 0 Å². The molecule has 5 aromatic carbocycles. The molecular formula is C72H96F3N5O11Si. The van der Waals surface area contributed by atoms with E-state index in [0.29, 0.717) is 54.1 Å². The van der Waals surface area contributed by atoms with Gasteiger partial charge in [0.05, 0.1) is 41.1 Å². The van der Waals surface area contributed by atoms with Crippen molar-refractivity contribution in [2.24, 2.45) is 0 Å². The number of hydrogen-bond donors (Lipinski definition) is 1. The van der Waals surface area contributed by atoms with E-state index in [-0.39, 0.29) is 42.9 Å². The van der Waals surface area contributed by atoms with Gasteiger partial charge in [0.2, 0.25) is 11.3 Å². The Labute approximate surface area is 543 Å². The van der Waals surface area contributed by atoms with E-state index in [2.05, 4.69) is 45.3 Å². The standard InChI is InChI=1S/C26H31FN2O4.C20H18FNO3.C16H22FNO3.C10H25NOSi/c1-25(2,3)28-15-22(19-10-12-21(32-4)13-11-19)26(27,17-28)23(30)29-20(16-33-24(29)31)14-18-8-6-5-7-9-18;1-14-7-9-16(10-8-14)12-18(21)19(23)22-17(13-25-20(22)24)11-15-5-3-2-4-6-15;1-15(2,3)18-9-13(16(17,10-18)14(19)20)11-5-7-12(21-4)8-6-11;1-10(2,3)11(8-12-4)9-13(5,6)7/h5-13,20,22H,14-17H2,1-4H3;2-10,12,17H,11,13H2,1H3;5-8,13H,9-10H2,1-4H3,(H,19,20);8-9H2,1-7H3/b;18-12-;;/t20-,22+,26+;17-;13-,16-;/m110./s1. The Balaban J connectivity index is 0.000000204. The molecule has 0 aliphatic carbocycles. The number of aryl methyl sites for hydroxylation is 1. The minimum Gasteiger partial charge on any atom is -0.497 e. The number of carboxylic acids is 1. The Morgan fingerprint density at radius 3 is 1.43 bits per heavy atom. The van der Waals surface area contributed by atoms with E-state index in [1.54, 1.807) is 82.0 Å². The number of hydrogen-bond acceptors (Lipinski definition) is 13. The maximum atomic E-state index is 16.9. The van der Waals surface area contributed by atoms with E-state index in [9.17, 15) is 33.5 Å². The van der Waals surface area contributed by atoms with Gasteiger partial charge in [-0.2, -0.15) is 0 Å². The number of imide groups is 2. The summed E-state index contributed by atoms with van der Waals surface area (Å²) in [6.45, 7) is 29.1. The van der Waals surface area contributed by atoms with Crippen molar-refractivity contribution < 1.29 is 65.9 Å². The van der Waals surface area contributed by atoms with Crippen LogP contribution >= 0.6 is 0 Å². The largest absolute Gasteiger partial charge is 0.497 e. The van der Waals surface area contributed by atoms with E-state index in [4.69, 9.17) is 23.7 Å². The van der Waals surface area contributed by atoms with E-state index in [1.165, 1.54) is 6.17 Å². The minimum atomic E-state index is -2.26. The molecule has 4 aliphatic heterocycles. The molecule has 9 rings (SSSR count). The molecule has 4 amide bonds. The van der Waals surface area contributed by atoms with Crippen molar-refractivity contribution in [3.05, 3.63) is 173 Å². The van der Waals surface area contributed by atoms with Gasteiger partial charge in [0.1, 0.15) is 24.7 Å². The SMILES string of the molecule is COCN(C[Si](C)(C)C)C(C)(C)C.COc1ccc([C@@H]2CN(C(C)(C)C)C[C@@]2(F)C(=O)N2C(=O)OC[C@H]2Cc2ccccc2)cc1.COc1ccc([C@@H]2CN(C(C)(C)C)C[C@@]2(F)C(=O)O)cc1.Cc1ccc(/C=C(\F)C(=O)N2C(=O)OC[C@H]2Cc2ccccc2)cc1. The smallest absolute Gasteiger partial charge is 0.417 e. The van der Waals surface area contributed by atoms with Gasteiger partial charge >= 0.3 is 18.2 Å². The summed E-state index contributed by atoms with van der Waals surface area (Å²) in [5.74, 6) is -4.24. The highest BCUT2D eigenvalue weighted by Gasteiger charge is 2.60. The second-order valence-corrected chi connectivity index (χ2v) is 33.7. The number of cyclic esters (lactones) is 2. The highest BCUT2D eigenvalue weighted by molar-refractivity contribution is 6.76. The Morgan fingerprint density at radius 2 is 1.04 bits per heavy atom. The first-order valence-electron chi connectivity index (χ1n) is 31.2. The Morgan fingerprint density at radius 1 is 0.630 bits per heavy atom. The molecule has 92 heavy (non-hydrogen) atoms. The zero-order valence-electron chi connectivity index (χ0n) is 56.6. The van der Waals surface area contributed by atoms with Crippen molar-refractivity contribution in [2.45, 2.75) is 154 Å². The summed E-state index contributed by atoms with van der Waals surface area (Å²) in [4.78, 5) is 70.3. The zero-order chi connectivity index (χ0) is 68.1. The summed E-state index contributed by atoms with van der Waals surface area (Å²) < 4.78 is 72.1. The normalized spacial score (nSPS) is 22.1. The third-order valence-corrected chi connectivity index (χ3v) is 18.2. The zero-order valence-corrected chi connectivity index (χ0v) is 57.6. The molecule has 0 saturated carbocycles. The van der Waals surface area contributed by atoms with Crippen LogP contribution in [0.25, 0.3) is 6.08 Å². The fourth-order valence-electron chi connectivity index (χ4n) is 11.4. The summed E-state index contributed by atoms with van der Waals surface area (Å²) in [6, 6.07) is 39.0. The number of aliphatic carboxylic acids is 1. The molecule has 0 spiro atoms. The molecule has 500 valence electrons. The fourth-order valence-corrected chi connectivity index (χ4v) is 13.1. The average molecular weight is 1290 g/mol. The van der Waals surface area contributed by atoms with Gasteiger partial charge in [0.15, 0.2) is 5.83 Å². The first kappa shape index (κ1) is 73.7. The summed E-state index contributed by atoms with van der Waals surface area (Å²) in [7, 11) is 3.87. The van der Waals surface area contributed by atoms with Gasteiger partial charge in [0.25, 0.3) is 11.8 Å². The highest BCUT2D eigenvalue weighted by atomic mass is 28.3. The number of nitrogens with zero attached hydrogens (tertiary/aromatic N) is 5. The van der Waals surface area contributed by atoms with Gasteiger partial charge in [-0.25, -0.2) is 37.4 Å². The van der Waals surface area contributed by atoms with Crippen molar-refractivity contribution in [2.75, 3.05) is 73.6 Å². The number of methoxy groups -OCH3 is 3. The van der Waals surface area contributed by atoms with Crippen LogP contribution in [0.5, 0.6) is 11.5 Å². The highest BCUT2D eigenvalue weighted by Crippen LogP contribution is 2.45. The number of amides is 4. The molecule has 4 aliphatic rings. The lowest BCUT2D eigenvalue weighted by molar-refractivity contribution is -0.151. The molecule has 16 nitrogen and oxygen atoms in total. The van der Waals surface area contributed by atoms with Crippen LogP contribution in [0.15, 0.2) is 139 Å². The number of alkyl halides is 2. The number of carbonyl (C=O) groups excluding carboxylic acids is 4. The molecule has 5 aromatic rings. The second-order valence-electron chi connectivity index (χ2n) is 28.2. The fraction of sp³-hybridized carbons (Fsp3) is 0.486. The first-order chi connectivity index (χ1) is 43.0. The molecule has 6 atom stereocenters. The number of halogens is 3. The van der Waals surface area contributed by atoms with Gasteiger partial charge in [-0.15, -0.1) is 0 Å². The molecule has 4 heterocycles. The quantitative estimate of drug-likeness (QED) is 0.0563. The molecule has 0 aromatic heterocycles. The molecule has 0 bridgehead atoms. The van der Waals surface area contributed by atoms with Crippen molar-refractivity contribution in [1.82, 2.24) is 24.5 Å². The van der Waals surface area contributed by atoms with Crippen LogP contribution in [0.4, 0.5) is 22.8 Å². The molecule has 4 fully saturated rings. The lowest BCUT2D eigenvalue weighted by Gasteiger charge is -2.38. The number of ether oxygens (including phenoxy) is 5. The third kappa shape index (κ3) is 19.4. The van der Waals surface area contributed by atoms with Gasteiger partial charge in [-0.3, -0.25) is 24.3 Å². The lowest BCUT2D eigenvalue weighted by atomic mass is 9.85. The Kier molecular flexibility index (Phi) is 24.9. The van der Waals surface area contributed by atoms with Gasteiger partial charge in [0, 0.05) is 61.7 Å². The van der Waals surface area contributed by atoms with E-state index in [1.807, 2.05) is 131 Å². The lowest BCUT2D eigenvalue weighted by Crippen LogP contribution is -2.54.